The van der Waals surface area contributed by atoms with E-state index in [0.29, 0.717) is 12.8 Å². The second-order valence-electron chi connectivity index (χ2n) is 13.8. The van der Waals surface area contributed by atoms with Gasteiger partial charge < -0.3 is 25.2 Å². The molecule has 12 heteroatoms. The van der Waals surface area contributed by atoms with Crippen LogP contribution in [0.15, 0.2) is 36.5 Å². The number of hydrogen-bond acceptors (Lipinski definition) is 9. The Labute approximate surface area is 321 Å². The number of unbranched alkanes of at least 4 members (excludes halogenated alkanes) is 18. The predicted octanol–water partition coefficient (Wildman–Crippen LogP) is 10.4. The molecular weight excluding hydrogens is 697 g/mol. The van der Waals surface area contributed by atoms with Crippen molar-refractivity contribution < 1.29 is 47.5 Å². The molecule has 1 unspecified atom stereocenters. The Balaban J connectivity index is 4.44. The molecule has 0 fully saturated rings. The third-order valence-electron chi connectivity index (χ3n) is 8.61. The summed E-state index contributed by atoms with van der Waals surface area (Å²) in [6.45, 7) is 2.73. The number of nitrogens with two attached hydrogens (primary N) is 1. The zero-order valence-corrected chi connectivity index (χ0v) is 34.0. The van der Waals surface area contributed by atoms with Gasteiger partial charge >= 0.3 is 25.7 Å². The van der Waals surface area contributed by atoms with Crippen LogP contribution in [0.1, 0.15) is 174 Å². The van der Waals surface area contributed by atoms with Crippen molar-refractivity contribution in [1.82, 2.24) is 0 Å². The van der Waals surface area contributed by atoms with Gasteiger partial charge in [-0.3, -0.25) is 23.4 Å². The van der Waals surface area contributed by atoms with E-state index in [4.69, 9.17) is 24.8 Å². The van der Waals surface area contributed by atoms with E-state index in [9.17, 15) is 23.8 Å². The third-order valence-corrected chi connectivity index (χ3v) is 9.56. The topological polar surface area (TPSA) is 172 Å². The summed E-state index contributed by atoms with van der Waals surface area (Å²) in [5, 5.41) is 8.87. The van der Waals surface area contributed by atoms with E-state index >= 15 is 0 Å². The monoisotopic (exact) mass is 772 g/mol. The number of carboxylic acids is 1. The van der Waals surface area contributed by atoms with Crippen LogP contribution in [0.4, 0.5) is 0 Å². The number of ether oxygens (including phenoxy) is 2. The van der Waals surface area contributed by atoms with E-state index in [1.54, 1.807) is 0 Å². The number of rotatable bonds is 38. The predicted molar refractivity (Wildman–Crippen MR) is 212 cm³/mol. The van der Waals surface area contributed by atoms with E-state index in [1.807, 2.05) is 0 Å². The Bertz CT molecular complexity index is 1050. The van der Waals surface area contributed by atoms with Gasteiger partial charge in [0.05, 0.1) is 13.2 Å². The normalized spacial score (nSPS) is 14.2. The second kappa shape index (κ2) is 36.7. The summed E-state index contributed by atoms with van der Waals surface area (Å²) >= 11 is 0. The molecule has 0 radical (unpaired) electrons. The first-order valence-corrected chi connectivity index (χ1v) is 22.0. The minimum Gasteiger partial charge on any atom is -0.480 e. The summed E-state index contributed by atoms with van der Waals surface area (Å²) in [5.74, 6) is -2.41. The first kappa shape index (κ1) is 50.7. The number of carbonyl (C=O) groups is 3. The Morgan fingerprint density at radius 2 is 1.00 bits per heavy atom. The first-order chi connectivity index (χ1) is 25.6. The number of allylic oxidation sites excluding steroid dienone is 6. The summed E-state index contributed by atoms with van der Waals surface area (Å²) in [6.07, 6.45) is 37.8. The molecule has 0 aliphatic rings. The minimum atomic E-state index is -4.72. The average molecular weight is 772 g/mol. The van der Waals surface area contributed by atoms with Gasteiger partial charge in [-0.25, -0.2) is 4.57 Å². The first-order valence-electron chi connectivity index (χ1n) is 20.5. The fourth-order valence-corrected chi connectivity index (χ4v) is 6.10. The Morgan fingerprint density at radius 3 is 1.53 bits per heavy atom. The highest BCUT2D eigenvalue weighted by molar-refractivity contribution is 7.47. The molecule has 0 aliphatic heterocycles. The van der Waals surface area contributed by atoms with Crippen LogP contribution in [0.2, 0.25) is 0 Å². The smallest absolute Gasteiger partial charge is 0.472 e. The molecule has 0 saturated heterocycles. The number of carboxylic acid groups (broad SMARTS) is 1. The molecule has 0 saturated carbocycles. The molecule has 0 aromatic heterocycles. The van der Waals surface area contributed by atoms with Gasteiger partial charge in [0.2, 0.25) is 0 Å². The molecule has 0 amide bonds. The minimum absolute atomic E-state index is 0.148. The van der Waals surface area contributed by atoms with Gasteiger partial charge in [0, 0.05) is 12.8 Å². The van der Waals surface area contributed by atoms with Crippen molar-refractivity contribution in [2.24, 2.45) is 5.73 Å². The van der Waals surface area contributed by atoms with Crippen LogP contribution >= 0.6 is 7.82 Å². The number of aliphatic carboxylic acids is 1. The molecule has 4 N–H and O–H groups in total. The van der Waals surface area contributed by atoms with Crippen molar-refractivity contribution in [3.63, 3.8) is 0 Å². The van der Waals surface area contributed by atoms with E-state index in [1.165, 1.54) is 51.4 Å². The lowest BCUT2D eigenvalue weighted by molar-refractivity contribution is -0.161. The van der Waals surface area contributed by atoms with Crippen LogP contribution in [0, 0.1) is 0 Å². The lowest BCUT2D eigenvalue weighted by Gasteiger charge is -2.20. The van der Waals surface area contributed by atoms with Crippen LogP contribution in [-0.2, 0) is 37.5 Å². The van der Waals surface area contributed by atoms with Gasteiger partial charge in [0.15, 0.2) is 6.10 Å². The molecule has 0 rings (SSSR count). The van der Waals surface area contributed by atoms with Gasteiger partial charge in [-0.1, -0.05) is 127 Å². The molecule has 11 nitrogen and oxygen atoms in total. The number of hydrogen-bond donors (Lipinski definition) is 3. The number of phosphoric acid groups is 1. The third kappa shape index (κ3) is 36.4. The Kier molecular flexibility index (Phi) is 35.1. The zero-order valence-electron chi connectivity index (χ0n) is 33.1. The Morgan fingerprint density at radius 1 is 0.585 bits per heavy atom. The maximum absolute atomic E-state index is 12.6. The molecule has 3 atom stereocenters. The van der Waals surface area contributed by atoms with E-state index in [2.05, 4.69) is 54.8 Å². The standard InChI is InChI=1S/C41H74NO10P/c1-3-5-7-9-11-13-15-17-19-21-22-24-26-28-30-32-39(43)49-34-37(35-50-53(47,48)51-36-38(42)41(45)46)52-40(44)33-31-29-27-25-23-20-18-16-14-12-10-8-6-4-2/h11,13,16-19,37-38H,3-10,12,14-15,20-36,42H2,1-2H3,(H,45,46)(H,47,48)/b13-11+,18-16+,19-17+/t37-,38+/m1/s1. The highest BCUT2D eigenvalue weighted by Crippen LogP contribution is 2.43. The van der Waals surface area contributed by atoms with E-state index in [0.717, 1.165) is 83.5 Å². The molecule has 308 valence electrons. The fraction of sp³-hybridized carbons (Fsp3) is 0.780. The van der Waals surface area contributed by atoms with Gasteiger partial charge in [-0.05, 0) is 70.6 Å². The van der Waals surface area contributed by atoms with E-state index in [-0.39, 0.29) is 19.4 Å². The zero-order chi connectivity index (χ0) is 39.3. The van der Waals surface area contributed by atoms with Crippen LogP contribution in [-0.4, -0.2) is 59.9 Å². The van der Waals surface area contributed by atoms with Gasteiger partial charge in [-0.2, -0.15) is 0 Å². The summed E-state index contributed by atoms with van der Waals surface area (Å²) in [4.78, 5) is 45.8. The van der Waals surface area contributed by atoms with Gasteiger partial charge in [0.25, 0.3) is 0 Å². The number of esters is 2. The molecule has 0 aliphatic carbocycles. The molecule has 0 aromatic rings. The second-order valence-corrected chi connectivity index (χ2v) is 15.2. The quantitative estimate of drug-likeness (QED) is 0.0236. The SMILES string of the molecule is CCCCC/C=C/C/C=C/CCCCCCCC(=O)OC[C@H](COP(=O)(O)OC[C@H](N)C(=O)O)OC(=O)CCCCCCC/C=C/CCCCCCC. The van der Waals surface area contributed by atoms with Crippen LogP contribution in [0.25, 0.3) is 0 Å². The summed E-state index contributed by atoms with van der Waals surface area (Å²) in [6, 6.07) is -1.52. The summed E-state index contributed by atoms with van der Waals surface area (Å²) in [7, 11) is -4.72. The van der Waals surface area contributed by atoms with Crippen molar-refractivity contribution in [2.75, 3.05) is 19.8 Å². The molecule has 53 heavy (non-hydrogen) atoms. The Hall–Kier alpha value is -2.30. The molecular formula is C41H74NO10P. The molecule has 0 aromatic carbocycles. The van der Waals surface area contributed by atoms with Gasteiger partial charge in [0.1, 0.15) is 12.6 Å². The highest BCUT2D eigenvalue weighted by Gasteiger charge is 2.28. The van der Waals surface area contributed by atoms with E-state index < -0.39 is 51.1 Å². The lowest BCUT2D eigenvalue weighted by atomic mass is 10.1. The maximum Gasteiger partial charge on any atom is 0.472 e. The maximum atomic E-state index is 12.6. The summed E-state index contributed by atoms with van der Waals surface area (Å²) in [5.41, 5.74) is 5.32. The highest BCUT2D eigenvalue weighted by atomic mass is 31.2. The molecule has 0 heterocycles. The average Bonchev–Trinajstić information content (AvgIpc) is 3.13. The fourth-order valence-electron chi connectivity index (χ4n) is 5.32. The molecule has 0 spiro atoms. The van der Waals surface area contributed by atoms with Crippen LogP contribution in [0.3, 0.4) is 0 Å². The van der Waals surface area contributed by atoms with Crippen molar-refractivity contribution >= 4 is 25.7 Å². The number of phosphoric ester groups is 1. The van der Waals surface area contributed by atoms with Crippen LogP contribution < -0.4 is 5.73 Å². The summed E-state index contributed by atoms with van der Waals surface area (Å²) < 4.78 is 32.6. The van der Waals surface area contributed by atoms with Crippen molar-refractivity contribution in [2.45, 2.75) is 187 Å². The number of carbonyl (C=O) groups excluding carboxylic acids is 2. The largest absolute Gasteiger partial charge is 0.480 e. The van der Waals surface area contributed by atoms with Crippen molar-refractivity contribution in [3.05, 3.63) is 36.5 Å². The van der Waals surface area contributed by atoms with Gasteiger partial charge in [-0.15, -0.1) is 0 Å². The lowest BCUT2D eigenvalue weighted by Crippen LogP contribution is -2.34. The van der Waals surface area contributed by atoms with Crippen molar-refractivity contribution in [1.29, 1.82) is 0 Å². The van der Waals surface area contributed by atoms with Crippen LogP contribution in [0.5, 0.6) is 0 Å². The van der Waals surface area contributed by atoms with Crippen molar-refractivity contribution in [3.8, 4) is 0 Å². The molecule has 0 bridgehead atoms.